The normalized spacial score (nSPS) is 13.0. The van der Waals surface area contributed by atoms with Crippen LogP contribution >= 0.6 is 0 Å². The number of unbranched alkanes of at least 4 members (excludes halogenated alkanes) is 1. The second-order valence-corrected chi connectivity index (χ2v) is 6.25. The summed E-state index contributed by atoms with van der Waals surface area (Å²) in [5.41, 5.74) is 0. The highest BCUT2D eigenvalue weighted by atomic mass is 16.2. The van der Waals surface area contributed by atoms with E-state index in [1.54, 1.807) is 0 Å². The smallest absolute Gasteiger partial charge is 0.138 e. The molecule has 2 nitrogen and oxygen atoms in total. The average Bonchev–Trinajstić information content (AvgIpc) is 2.38. The molecule has 0 aliphatic carbocycles. The van der Waals surface area contributed by atoms with E-state index in [2.05, 4.69) is 48.5 Å². The van der Waals surface area contributed by atoms with Crippen molar-refractivity contribution in [1.29, 1.82) is 0 Å². The first kappa shape index (κ1) is 24.6. The summed E-state index contributed by atoms with van der Waals surface area (Å²) in [6.07, 6.45) is 3.29. The fraction of sp³-hybridized carbons (Fsp3) is 0.944. The molecule has 0 aromatic rings. The van der Waals surface area contributed by atoms with Crippen LogP contribution in [0.1, 0.15) is 81.6 Å². The minimum atomic E-state index is 0.211. The van der Waals surface area contributed by atoms with Crippen molar-refractivity contribution in [2.75, 3.05) is 6.61 Å². The van der Waals surface area contributed by atoms with Crippen molar-refractivity contribution in [3.8, 4) is 0 Å². The van der Waals surface area contributed by atoms with Gasteiger partial charge in [-0.15, -0.1) is 0 Å². The van der Waals surface area contributed by atoms with Gasteiger partial charge in [0.05, 0.1) is 0 Å². The number of Topliss-reactive ketones (excluding diaryl/α,β-unsaturated/α-hetero) is 1. The van der Waals surface area contributed by atoms with E-state index < -0.39 is 0 Å². The number of rotatable bonds is 6. The van der Waals surface area contributed by atoms with Gasteiger partial charge >= 0.3 is 0 Å². The molecule has 0 rings (SSSR count). The molecule has 0 fully saturated rings. The van der Waals surface area contributed by atoms with Gasteiger partial charge in [-0.25, -0.2) is 0 Å². The van der Waals surface area contributed by atoms with Gasteiger partial charge in [0.15, 0.2) is 0 Å². The Morgan fingerprint density at radius 3 is 1.25 bits per heavy atom. The highest BCUT2D eigenvalue weighted by Crippen LogP contribution is 2.20. The lowest BCUT2D eigenvalue weighted by Gasteiger charge is -2.21. The lowest BCUT2D eigenvalue weighted by atomic mass is 9.82. The summed E-state index contributed by atoms with van der Waals surface area (Å²) in [7, 11) is 0. The first-order chi connectivity index (χ1) is 9.20. The highest BCUT2D eigenvalue weighted by Gasteiger charge is 2.24. The van der Waals surface area contributed by atoms with E-state index in [0.717, 1.165) is 12.8 Å². The number of aliphatic hydroxyl groups is 1. The minimum absolute atomic E-state index is 0.211. The molecule has 0 heterocycles. The van der Waals surface area contributed by atoms with Gasteiger partial charge in [0.25, 0.3) is 0 Å². The van der Waals surface area contributed by atoms with Gasteiger partial charge in [-0.05, 0) is 18.3 Å². The monoisotopic (exact) mass is 288 g/mol. The fourth-order valence-electron chi connectivity index (χ4n) is 1.23. The summed E-state index contributed by atoms with van der Waals surface area (Å²) in [4.78, 5) is 11.7. The van der Waals surface area contributed by atoms with Gasteiger partial charge in [-0.2, -0.15) is 0 Å². The quantitative estimate of drug-likeness (QED) is 0.716. The molecular weight excluding hydrogens is 248 g/mol. The number of ketones is 1. The minimum Gasteiger partial charge on any atom is -0.396 e. The molecule has 0 saturated carbocycles. The predicted molar refractivity (Wildman–Crippen MR) is 91.0 cm³/mol. The van der Waals surface area contributed by atoms with Crippen LogP contribution in [0.4, 0.5) is 0 Å². The van der Waals surface area contributed by atoms with Crippen LogP contribution in [0.25, 0.3) is 0 Å². The van der Waals surface area contributed by atoms with Crippen molar-refractivity contribution in [2.24, 2.45) is 23.7 Å². The molecule has 0 aromatic heterocycles. The molecule has 2 unspecified atom stereocenters. The highest BCUT2D eigenvalue weighted by molar-refractivity contribution is 5.83. The summed E-state index contributed by atoms with van der Waals surface area (Å²) >= 11 is 0. The van der Waals surface area contributed by atoms with E-state index >= 15 is 0 Å². The van der Waals surface area contributed by atoms with Crippen LogP contribution in [-0.2, 0) is 4.79 Å². The third-order valence-corrected chi connectivity index (χ3v) is 3.41. The van der Waals surface area contributed by atoms with Crippen molar-refractivity contribution in [3.63, 3.8) is 0 Å². The maximum absolute atomic E-state index is 11.7. The van der Waals surface area contributed by atoms with Crippen molar-refractivity contribution in [1.82, 2.24) is 0 Å². The van der Waals surface area contributed by atoms with Crippen LogP contribution in [0, 0.1) is 23.7 Å². The topological polar surface area (TPSA) is 37.3 Å². The summed E-state index contributed by atoms with van der Waals surface area (Å²) in [5, 5.41) is 8.07. The molecule has 124 valence electrons. The van der Waals surface area contributed by atoms with Gasteiger partial charge in [0.2, 0.25) is 0 Å². The molecule has 0 amide bonds. The van der Waals surface area contributed by atoms with Gasteiger partial charge in [-0.3, -0.25) is 4.79 Å². The number of carbonyl (C=O) groups excluding carboxylic acids is 1. The van der Waals surface area contributed by atoms with Crippen LogP contribution in [-0.4, -0.2) is 17.5 Å². The van der Waals surface area contributed by atoms with E-state index in [9.17, 15) is 4.79 Å². The Hall–Kier alpha value is -0.370. The maximum Gasteiger partial charge on any atom is 0.138 e. The molecule has 2 heteroatoms. The molecule has 0 radical (unpaired) electrons. The Bertz CT molecular complexity index is 180. The van der Waals surface area contributed by atoms with Gasteiger partial charge in [-0.1, -0.05) is 75.2 Å². The number of hydrogen-bond donors (Lipinski definition) is 1. The average molecular weight is 289 g/mol. The Labute approximate surface area is 128 Å². The van der Waals surface area contributed by atoms with Crippen LogP contribution < -0.4 is 0 Å². The fourth-order valence-corrected chi connectivity index (χ4v) is 1.23. The van der Waals surface area contributed by atoms with Crippen LogP contribution in [0.5, 0.6) is 0 Å². The van der Waals surface area contributed by atoms with E-state index in [4.69, 9.17) is 5.11 Å². The van der Waals surface area contributed by atoms with Crippen molar-refractivity contribution in [3.05, 3.63) is 0 Å². The van der Waals surface area contributed by atoms with E-state index in [0.29, 0.717) is 24.2 Å². The lowest BCUT2D eigenvalue weighted by Crippen LogP contribution is -2.26. The molecule has 0 spiro atoms. The number of carbonyl (C=O) groups is 1. The molecule has 0 bridgehead atoms. The molecule has 0 aromatic carbocycles. The van der Waals surface area contributed by atoms with Gasteiger partial charge in [0.1, 0.15) is 5.78 Å². The molecule has 0 aliphatic rings. The maximum atomic E-state index is 11.7. The zero-order valence-corrected chi connectivity index (χ0v) is 15.5. The first-order valence-corrected chi connectivity index (χ1v) is 8.35. The molecule has 20 heavy (non-hydrogen) atoms. The largest absolute Gasteiger partial charge is 0.396 e. The Kier molecular flexibility index (Phi) is 20.6. The second kappa shape index (κ2) is 16.7. The molecule has 2 atom stereocenters. The van der Waals surface area contributed by atoms with Crippen LogP contribution in [0.3, 0.4) is 0 Å². The summed E-state index contributed by atoms with van der Waals surface area (Å²) in [6.45, 7) is 19.1. The zero-order chi connectivity index (χ0) is 16.7. The molecular formula is C18H40O2. The molecule has 0 aliphatic heterocycles. The van der Waals surface area contributed by atoms with Crippen LogP contribution in [0.2, 0.25) is 0 Å². The zero-order valence-electron chi connectivity index (χ0n) is 15.5. The second-order valence-electron chi connectivity index (χ2n) is 6.25. The standard InChI is InChI=1S/C11H22O.C4H10O.C3H8/c1-7(2)9(5)11(12)10(6)8(3)4;1-2-3-4-5;1-3-2/h7-10H,1-6H3;5H,2-4H2,1H3;3H2,1-2H3. The summed E-state index contributed by atoms with van der Waals surface area (Å²) < 4.78 is 0. The van der Waals surface area contributed by atoms with E-state index in [-0.39, 0.29) is 11.8 Å². The molecule has 1 N–H and O–H groups in total. The summed E-state index contributed by atoms with van der Waals surface area (Å²) in [6, 6.07) is 0. The first-order valence-electron chi connectivity index (χ1n) is 8.35. The summed E-state index contributed by atoms with van der Waals surface area (Å²) in [5.74, 6) is 1.78. The van der Waals surface area contributed by atoms with E-state index in [1.807, 2.05) is 13.8 Å². The van der Waals surface area contributed by atoms with E-state index in [1.165, 1.54) is 6.42 Å². The predicted octanol–water partition coefficient (Wildman–Crippen LogP) is 5.33. The van der Waals surface area contributed by atoms with Crippen molar-refractivity contribution in [2.45, 2.75) is 81.6 Å². The Balaban J connectivity index is -0.000000299. The third kappa shape index (κ3) is 15.7. The van der Waals surface area contributed by atoms with Gasteiger partial charge < -0.3 is 5.11 Å². The Morgan fingerprint density at radius 2 is 1.15 bits per heavy atom. The van der Waals surface area contributed by atoms with Gasteiger partial charge in [0, 0.05) is 18.4 Å². The SMILES string of the molecule is CC(C)C(C)C(=O)C(C)C(C)C.CCC.CCCCO. The Morgan fingerprint density at radius 1 is 0.850 bits per heavy atom. The number of aliphatic hydroxyl groups excluding tert-OH is 1. The van der Waals surface area contributed by atoms with Crippen molar-refractivity contribution < 1.29 is 9.90 Å². The third-order valence-electron chi connectivity index (χ3n) is 3.41. The number of hydrogen-bond acceptors (Lipinski definition) is 2. The van der Waals surface area contributed by atoms with Crippen LogP contribution in [0.15, 0.2) is 0 Å². The molecule has 0 saturated heterocycles. The lowest BCUT2D eigenvalue weighted by molar-refractivity contribution is -0.128. The van der Waals surface area contributed by atoms with Crippen molar-refractivity contribution >= 4 is 5.78 Å².